The number of aryl methyl sites for hydroxylation is 1. The van der Waals surface area contributed by atoms with Crippen LogP contribution in [0.3, 0.4) is 0 Å². The maximum atomic E-state index is 6.74. The fourth-order valence-electron chi connectivity index (χ4n) is 3.65. The van der Waals surface area contributed by atoms with Gasteiger partial charge in [-0.3, -0.25) is 4.68 Å². The van der Waals surface area contributed by atoms with E-state index in [0.29, 0.717) is 5.92 Å². The lowest BCUT2D eigenvalue weighted by atomic mass is 10.1. The minimum Gasteiger partial charge on any atom is -0.334 e. The molecule has 1 aliphatic heterocycles. The second kappa shape index (κ2) is 7.09. The van der Waals surface area contributed by atoms with Crippen molar-refractivity contribution in [3.63, 3.8) is 0 Å². The van der Waals surface area contributed by atoms with Crippen LogP contribution in [0.2, 0.25) is 5.15 Å². The summed E-state index contributed by atoms with van der Waals surface area (Å²) in [5, 5.41) is 7.50. The van der Waals surface area contributed by atoms with Crippen molar-refractivity contribution >= 4 is 55.0 Å². The summed E-state index contributed by atoms with van der Waals surface area (Å²) >= 11 is 12.0. The summed E-state index contributed by atoms with van der Waals surface area (Å²) in [5.41, 5.74) is 3.10. The van der Waals surface area contributed by atoms with Gasteiger partial charge in [0.1, 0.15) is 10.7 Å². The second-order valence-corrected chi connectivity index (χ2v) is 9.31. The topological polar surface area (TPSA) is 46.8 Å². The van der Waals surface area contributed by atoms with Crippen LogP contribution in [0, 0.1) is 12.8 Å². The van der Waals surface area contributed by atoms with E-state index in [1.54, 1.807) is 11.3 Å². The molecule has 0 aliphatic carbocycles. The molecule has 4 rings (SSSR count). The molecule has 0 saturated carbocycles. The molecular weight excluding hydrogens is 434 g/mol. The van der Waals surface area contributed by atoms with E-state index in [1.807, 2.05) is 17.8 Å². The van der Waals surface area contributed by atoms with Crippen molar-refractivity contribution < 1.29 is 0 Å². The van der Waals surface area contributed by atoms with Gasteiger partial charge in [0.2, 0.25) is 5.95 Å². The van der Waals surface area contributed by atoms with E-state index >= 15 is 0 Å². The largest absolute Gasteiger partial charge is 0.334 e. The van der Waals surface area contributed by atoms with Gasteiger partial charge in [0.05, 0.1) is 27.1 Å². The standard InChI is InChI=1S/C18H21BrClN5S/c1-10(2)8-25-17(20)15(11(3)23-25)13-5-4-6-24(13)18-21-7-14-16(22-18)12(19)9-26-14/h7,9-10,13H,4-6,8H2,1-3H3. The molecule has 1 fully saturated rings. The van der Waals surface area contributed by atoms with E-state index in [-0.39, 0.29) is 6.04 Å². The smallest absolute Gasteiger partial charge is 0.226 e. The van der Waals surface area contributed by atoms with Crippen molar-refractivity contribution in [2.45, 2.75) is 46.2 Å². The molecule has 3 aromatic rings. The third-order valence-corrected chi connectivity index (χ3v) is 6.96. The van der Waals surface area contributed by atoms with Crippen LogP contribution in [0.25, 0.3) is 10.2 Å². The molecular formula is C18H21BrClN5S. The number of hydrogen-bond donors (Lipinski definition) is 0. The van der Waals surface area contributed by atoms with Gasteiger partial charge in [-0.25, -0.2) is 9.97 Å². The van der Waals surface area contributed by atoms with Crippen LogP contribution in [0.5, 0.6) is 0 Å². The Kier molecular flexibility index (Phi) is 4.96. The number of hydrogen-bond acceptors (Lipinski definition) is 5. The summed E-state index contributed by atoms with van der Waals surface area (Å²) in [6, 6.07) is 0.179. The summed E-state index contributed by atoms with van der Waals surface area (Å²) in [6.07, 6.45) is 4.06. The van der Waals surface area contributed by atoms with Gasteiger partial charge in [0.25, 0.3) is 0 Å². The molecule has 5 nitrogen and oxygen atoms in total. The third-order valence-electron chi connectivity index (χ3n) is 4.75. The lowest BCUT2D eigenvalue weighted by molar-refractivity contribution is 0.481. The number of rotatable bonds is 4. The fourth-order valence-corrected chi connectivity index (χ4v) is 5.45. The van der Waals surface area contributed by atoms with E-state index in [4.69, 9.17) is 21.7 Å². The van der Waals surface area contributed by atoms with Gasteiger partial charge in [0, 0.05) is 24.0 Å². The maximum absolute atomic E-state index is 6.74. The summed E-state index contributed by atoms with van der Waals surface area (Å²) in [4.78, 5) is 11.7. The molecule has 26 heavy (non-hydrogen) atoms. The molecule has 0 radical (unpaired) electrons. The lowest BCUT2D eigenvalue weighted by Gasteiger charge is -2.25. The first-order valence-corrected chi connectivity index (χ1v) is 10.9. The van der Waals surface area contributed by atoms with Gasteiger partial charge in [-0.2, -0.15) is 5.10 Å². The van der Waals surface area contributed by atoms with Crippen molar-refractivity contribution in [1.82, 2.24) is 19.7 Å². The Morgan fingerprint density at radius 2 is 2.23 bits per heavy atom. The van der Waals surface area contributed by atoms with E-state index in [0.717, 1.165) is 63.0 Å². The molecule has 0 aromatic carbocycles. The number of anilines is 1. The minimum atomic E-state index is 0.179. The van der Waals surface area contributed by atoms with Gasteiger partial charge >= 0.3 is 0 Å². The van der Waals surface area contributed by atoms with Crippen LogP contribution in [0.1, 0.15) is 44.0 Å². The molecule has 0 spiro atoms. The molecule has 1 unspecified atom stereocenters. The Hall–Kier alpha value is -1.18. The molecule has 1 saturated heterocycles. The van der Waals surface area contributed by atoms with E-state index < -0.39 is 0 Å². The van der Waals surface area contributed by atoms with E-state index in [2.05, 4.69) is 45.0 Å². The maximum Gasteiger partial charge on any atom is 0.226 e. The van der Waals surface area contributed by atoms with Gasteiger partial charge in [0.15, 0.2) is 0 Å². The lowest BCUT2D eigenvalue weighted by Crippen LogP contribution is -2.25. The van der Waals surface area contributed by atoms with Crippen molar-refractivity contribution in [3.8, 4) is 0 Å². The highest BCUT2D eigenvalue weighted by Gasteiger charge is 2.33. The molecule has 0 bridgehead atoms. The monoisotopic (exact) mass is 453 g/mol. The molecule has 0 amide bonds. The number of fused-ring (bicyclic) bond motifs is 1. The van der Waals surface area contributed by atoms with Gasteiger partial charge < -0.3 is 4.90 Å². The van der Waals surface area contributed by atoms with Crippen molar-refractivity contribution in [1.29, 1.82) is 0 Å². The van der Waals surface area contributed by atoms with Crippen LogP contribution in [-0.4, -0.2) is 26.3 Å². The normalized spacial score (nSPS) is 17.8. The third kappa shape index (κ3) is 3.14. The average Bonchev–Trinajstić information content (AvgIpc) is 3.27. The van der Waals surface area contributed by atoms with Crippen LogP contribution in [0.4, 0.5) is 5.95 Å². The second-order valence-electron chi connectivity index (χ2n) is 7.18. The van der Waals surface area contributed by atoms with Gasteiger partial charge in [-0.15, -0.1) is 11.3 Å². The first kappa shape index (κ1) is 18.2. The van der Waals surface area contributed by atoms with Crippen molar-refractivity contribution in [2.75, 3.05) is 11.4 Å². The Labute approximate surface area is 170 Å². The fraction of sp³-hybridized carbons (Fsp3) is 0.500. The highest BCUT2D eigenvalue weighted by Crippen LogP contribution is 2.40. The number of halogens is 2. The molecule has 3 aromatic heterocycles. The van der Waals surface area contributed by atoms with Crippen LogP contribution in [-0.2, 0) is 6.54 Å². The first-order chi connectivity index (χ1) is 12.5. The summed E-state index contributed by atoms with van der Waals surface area (Å²) in [5.74, 6) is 1.27. The van der Waals surface area contributed by atoms with Crippen molar-refractivity contribution in [2.24, 2.45) is 5.92 Å². The van der Waals surface area contributed by atoms with E-state index in [1.165, 1.54) is 0 Å². The van der Waals surface area contributed by atoms with Crippen LogP contribution >= 0.6 is 38.9 Å². The van der Waals surface area contributed by atoms with Crippen LogP contribution in [0.15, 0.2) is 16.0 Å². The molecule has 4 heterocycles. The van der Waals surface area contributed by atoms with Crippen molar-refractivity contribution in [3.05, 3.63) is 32.5 Å². The van der Waals surface area contributed by atoms with Gasteiger partial charge in [-0.1, -0.05) is 25.4 Å². The zero-order chi connectivity index (χ0) is 18.4. The Morgan fingerprint density at radius 3 is 3.00 bits per heavy atom. The molecule has 0 N–H and O–H groups in total. The predicted octanol–water partition coefficient (Wildman–Crippen LogP) is 5.61. The number of thiophene rings is 1. The van der Waals surface area contributed by atoms with E-state index in [9.17, 15) is 0 Å². The summed E-state index contributed by atoms with van der Waals surface area (Å²) < 4.78 is 4.05. The number of aromatic nitrogens is 4. The molecule has 1 atom stereocenters. The Balaban J connectivity index is 1.72. The van der Waals surface area contributed by atoms with Gasteiger partial charge in [-0.05, 0) is 41.6 Å². The molecule has 8 heteroatoms. The molecule has 1 aliphatic rings. The summed E-state index contributed by atoms with van der Waals surface area (Å²) in [6.45, 7) is 8.17. The predicted molar refractivity (Wildman–Crippen MR) is 111 cm³/mol. The first-order valence-electron chi connectivity index (χ1n) is 8.85. The zero-order valence-electron chi connectivity index (χ0n) is 15.0. The molecule has 138 valence electrons. The van der Waals surface area contributed by atoms with Crippen LogP contribution < -0.4 is 4.90 Å². The highest BCUT2D eigenvalue weighted by molar-refractivity contribution is 9.10. The quantitative estimate of drug-likeness (QED) is 0.514. The average molecular weight is 455 g/mol. The zero-order valence-corrected chi connectivity index (χ0v) is 18.2. The highest BCUT2D eigenvalue weighted by atomic mass is 79.9. The number of nitrogens with zero attached hydrogens (tertiary/aromatic N) is 5. The minimum absolute atomic E-state index is 0.179. The SMILES string of the molecule is Cc1nn(CC(C)C)c(Cl)c1C1CCCN1c1ncc2scc(Br)c2n1. The summed E-state index contributed by atoms with van der Waals surface area (Å²) in [7, 11) is 0. The Morgan fingerprint density at radius 1 is 1.42 bits per heavy atom. The Bertz CT molecular complexity index is 951.